The van der Waals surface area contributed by atoms with E-state index < -0.39 is 0 Å². The van der Waals surface area contributed by atoms with Gasteiger partial charge in [-0.25, -0.2) is 9.97 Å². The summed E-state index contributed by atoms with van der Waals surface area (Å²) < 4.78 is 5.35. The van der Waals surface area contributed by atoms with Crippen LogP contribution < -0.4 is 10.2 Å². The van der Waals surface area contributed by atoms with Crippen molar-refractivity contribution in [3.63, 3.8) is 0 Å². The number of aryl methyl sites for hydroxylation is 2. The molecule has 3 rings (SSSR count). The van der Waals surface area contributed by atoms with E-state index in [0.29, 0.717) is 0 Å². The van der Waals surface area contributed by atoms with E-state index in [1.807, 2.05) is 19.9 Å². The molecule has 1 aromatic rings. The molecule has 6 nitrogen and oxygen atoms in total. The normalized spacial score (nSPS) is 22.9. The maximum absolute atomic E-state index is 12.6. The lowest BCUT2D eigenvalue weighted by Crippen LogP contribution is -2.47. The summed E-state index contributed by atoms with van der Waals surface area (Å²) >= 11 is 0. The molecular formula is C17H26N4O2. The second-order valence-electron chi connectivity index (χ2n) is 6.60. The van der Waals surface area contributed by atoms with Gasteiger partial charge in [0.05, 0.1) is 5.92 Å². The molecule has 1 N–H and O–H groups in total. The van der Waals surface area contributed by atoms with Crippen LogP contribution in [-0.4, -0.2) is 48.2 Å². The summed E-state index contributed by atoms with van der Waals surface area (Å²) in [6.45, 7) is 7.09. The van der Waals surface area contributed by atoms with E-state index in [0.717, 1.165) is 69.3 Å². The molecule has 2 aliphatic heterocycles. The van der Waals surface area contributed by atoms with Gasteiger partial charge in [0.1, 0.15) is 11.6 Å². The molecule has 126 valence electrons. The van der Waals surface area contributed by atoms with Crippen molar-refractivity contribution in [2.45, 2.75) is 45.6 Å². The third-order valence-electron chi connectivity index (χ3n) is 4.64. The Morgan fingerprint density at radius 3 is 2.78 bits per heavy atom. The zero-order chi connectivity index (χ0) is 16.2. The lowest BCUT2D eigenvalue weighted by Gasteiger charge is -2.34. The molecule has 0 aliphatic carbocycles. The summed E-state index contributed by atoms with van der Waals surface area (Å²) in [5.74, 6) is 1.96. The summed E-state index contributed by atoms with van der Waals surface area (Å²) in [6.07, 6.45) is 3.82. The standard InChI is InChI=1S/C17H26N4O2/c1-12-10-16(19-13(2)18-12)21-7-3-4-14(11-21)17(22)20-15-5-8-23-9-6-15/h10,14-15H,3-9,11H2,1-2H3,(H,20,22). The lowest BCUT2D eigenvalue weighted by molar-refractivity contribution is -0.126. The molecule has 1 atom stereocenters. The van der Waals surface area contributed by atoms with Crippen molar-refractivity contribution in [3.8, 4) is 0 Å². The number of hydrogen-bond donors (Lipinski definition) is 1. The van der Waals surface area contributed by atoms with Gasteiger partial charge in [-0.3, -0.25) is 4.79 Å². The van der Waals surface area contributed by atoms with Gasteiger partial charge in [0.15, 0.2) is 0 Å². The average Bonchev–Trinajstić information content (AvgIpc) is 2.55. The zero-order valence-electron chi connectivity index (χ0n) is 14.0. The van der Waals surface area contributed by atoms with Crippen LogP contribution in [-0.2, 0) is 9.53 Å². The number of nitrogens with zero attached hydrogens (tertiary/aromatic N) is 3. The van der Waals surface area contributed by atoms with Crippen LogP contribution in [0.1, 0.15) is 37.2 Å². The van der Waals surface area contributed by atoms with E-state index >= 15 is 0 Å². The third kappa shape index (κ3) is 4.19. The van der Waals surface area contributed by atoms with Crippen molar-refractivity contribution in [1.29, 1.82) is 0 Å². The van der Waals surface area contributed by atoms with Crippen molar-refractivity contribution < 1.29 is 9.53 Å². The van der Waals surface area contributed by atoms with Gasteiger partial charge in [-0.05, 0) is 39.5 Å². The molecule has 1 unspecified atom stereocenters. The van der Waals surface area contributed by atoms with E-state index in [4.69, 9.17) is 4.74 Å². The molecule has 2 aliphatic rings. The van der Waals surface area contributed by atoms with Crippen molar-refractivity contribution in [1.82, 2.24) is 15.3 Å². The molecule has 3 heterocycles. The number of amides is 1. The smallest absolute Gasteiger partial charge is 0.225 e. The van der Waals surface area contributed by atoms with Crippen molar-refractivity contribution in [3.05, 3.63) is 17.6 Å². The Morgan fingerprint density at radius 1 is 1.26 bits per heavy atom. The number of anilines is 1. The summed E-state index contributed by atoms with van der Waals surface area (Å²) in [5, 5.41) is 3.20. The van der Waals surface area contributed by atoms with Gasteiger partial charge in [0, 0.05) is 44.1 Å². The maximum Gasteiger partial charge on any atom is 0.225 e. The van der Waals surface area contributed by atoms with Crippen molar-refractivity contribution in [2.24, 2.45) is 5.92 Å². The van der Waals surface area contributed by atoms with Gasteiger partial charge in [0.25, 0.3) is 0 Å². The number of hydrogen-bond acceptors (Lipinski definition) is 5. The fraction of sp³-hybridized carbons (Fsp3) is 0.706. The number of nitrogens with one attached hydrogen (secondary N) is 1. The number of ether oxygens (including phenoxy) is 1. The largest absolute Gasteiger partial charge is 0.381 e. The molecule has 23 heavy (non-hydrogen) atoms. The number of carbonyl (C=O) groups is 1. The fourth-order valence-electron chi connectivity index (χ4n) is 3.42. The fourth-order valence-corrected chi connectivity index (χ4v) is 3.42. The molecule has 2 fully saturated rings. The monoisotopic (exact) mass is 318 g/mol. The first-order chi connectivity index (χ1) is 11.1. The van der Waals surface area contributed by atoms with Crippen LogP contribution >= 0.6 is 0 Å². The zero-order valence-corrected chi connectivity index (χ0v) is 14.0. The Morgan fingerprint density at radius 2 is 2.04 bits per heavy atom. The van der Waals surface area contributed by atoms with Crippen LogP contribution in [0.2, 0.25) is 0 Å². The molecule has 0 aromatic carbocycles. The van der Waals surface area contributed by atoms with Gasteiger partial charge in [-0.2, -0.15) is 0 Å². The first-order valence-corrected chi connectivity index (χ1v) is 8.57. The van der Waals surface area contributed by atoms with Gasteiger partial charge >= 0.3 is 0 Å². The first kappa shape index (κ1) is 16.2. The van der Waals surface area contributed by atoms with Gasteiger partial charge in [0.2, 0.25) is 5.91 Å². The summed E-state index contributed by atoms with van der Waals surface area (Å²) in [5.41, 5.74) is 0.973. The van der Waals surface area contributed by atoms with Gasteiger partial charge in [-0.1, -0.05) is 0 Å². The highest BCUT2D eigenvalue weighted by atomic mass is 16.5. The van der Waals surface area contributed by atoms with Crippen molar-refractivity contribution >= 4 is 11.7 Å². The van der Waals surface area contributed by atoms with E-state index in [1.54, 1.807) is 0 Å². The number of carbonyl (C=O) groups excluding carboxylic acids is 1. The SMILES string of the molecule is Cc1cc(N2CCCC(C(=O)NC3CCOCC3)C2)nc(C)n1. The van der Waals surface area contributed by atoms with Crippen LogP contribution in [0.15, 0.2) is 6.07 Å². The molecule has 0 saturated carbocycles. The number of aromatic nitrogens is 2. The summed E-state index contributed by atoms with van der Waals surface area (Å²) in [6, 6.07) is 2.28. The summed E-state index contributed by atoms with van der Waals surface area (Å²) in [7, 11) is 0. The second-order valence-corrected chi connectivity index (χ2v) is 6.60. The second kappa shape index (κ2) is 7.25. The van der Waals surface area contributed by atoms with E-state index in [2.05, 4.69) is 20.2 Å². The van der Waals surface area contributed by atoms with Crippen LogP contribution in [0.25, 0.3) is 0 Å². The van der Waals surface area contributed by atoms with Crippen LogP contribution in [0.4, 0.5) is 5.82 Å². The van der Waals surface area contributed by atoms with E-state index in [-0.39, 0.29) is 17.9 Å². The molecule has 0 bridgehead atoms. The first-order valence-electron chi connectivity index (χ1n) is 8.57. The third-order valence-corrected chi connectivity index (χ3v) is 4.64. The van der Waals surface area contributed by atoms with Crippen LogP contribution in [0.5, 0.6) is 0 Å². The van der Waals surface area contributed by atoms with Crippen LogP contribution in [0, 0.1) is 19.8 Å². The molecule has 6 heteroatoms. The Balaban J connectivity index is 1.62. The minimum absolute atomic E-state index is 0.0437. The highest BCUT2D eigenvalue weighted by Gasteiger charge is 2.28. The highest BCUT2D eigenvalue weighted by Crippen LogP contribution is 2.23. The molecule has 2 saturated heterocycles. The van der Waals surface area contributed by atoms with E-state index in [9.17, 15) is 4.79 Å². The van der Waals surface area contributed by atoms with E-state index in [1.165, 1.54) is 0 Å². The minimum Gasteiger partial charge on any atom is -0.381 e. The predicted octanol–water partition coefficient (Wildman–Crippen LogP) is 1.61. The molecular weight excluding hydrogens is 292 g/mol. The quantitative estimate of drug-likeness (QED) is 0.917. The Labute approximate surface area is 137 Å². The predicted molar refractivity (Wildman–Crippen MR) is 88.4 cm³/mol. The summed E-state index contributed by atoms with van der Waals surface area (Å²) in [4.78, 5) is 23.7. The highest BCUT2D eigenvalue weighted by molar-refractivity contribution is 5.79. The average molecular weight is 318 g/mol. The van der Waals surface area contributed by atoms with Gasteiger partial charge in [-0.15, -0.1) is 0 Å². The van der Waals surface area contributed by atoms with Gasteiger partial charge < -0.3 is 15.0 Å². The molecule has 1 amide bonds. The van der Waals surface area contributed by atoms with Crippen molar-refractivity contribution in [2.75, 3.05) is 31.2 Å². The molecule has 1 aromatic heterocycles. The lowest BCUT2D eigenvalue weighted by atomic mass is 9.96. The molecule has 0 radical (unpaired) electrons. The topological polar surface area (TPSA) is 67.4 Å². The number of piperidine rings is 1. The minimum atomic E-state index is 0.0437. The Bertz CT molecular complexity index is 537. The van der Waals surface area contributed by atoms with Crippen LogP contribution in [0.3, 0.4) is 0 Å². The Hall–Kier alpha value is -1.69. The Kier molecular flexibility index (Phi) is 5.10. The maximum atomic E-state index is 12.6. The number of rotatable bonds is 3. The molecule has 0 spiro atoms.